The number of fused-ring (bicyclic) bond motifs is 1. The van der Waals surface area contributed by atoms with Crippen LogP contribution in [0.2, 0.25) is 0 Å². The number of ether oxygens (including phenoxy) is 3. The summed E-state index contributed by atoms with van der Waals surface area (Å²) >= 11 is 1.45. The molecule has 1 unspecified atom stereocenters. The summed E-state index contributed by atoms with van der Waals surface area (Å²) in [5.41, 5.74) is 2.01. The molecule has 9 nitrogen and oxygen atoms in total. The Balaban J connectivity index is 1.77. The fraction of sp³-hybridized carbons (Fsp3) is 0.421. The van der Waals surface area contributed by atoms with Crippen molar-refractivity contribution < 1.29 is 19.3 Å². The van der Waals surface area contributed by atoms with E-state index in [9.17, 15) is 5.11 Å². The Kier molecular flexibility index (Phi) is 5.63. The molecule has 154 valence electrons. The van der Waals surface area contributed by atoms with Crippen molar-refractivity contribution in [1.29, 1.82) is 0 Å². The topological polar surface area (TPSA) is 104 Å². The number of benzene rings is 1. The van der Waals surface area contributed by atoms with E-state index in [2.05, 4.69) is 20.3 Å². The van der Waals surface area contributed by atoms with Crippen LogP contribution in [0.5, 0.6) is 17.2 Å². The zero-order valence-corrected chi connectivity index (χ0v) is 17.3. The van der Waals surface area contributed by atoms with E-state index in [0.29, 0.717) is 33.7 Å². The van der Waals surface area contributed by atoms with Crippen molar-refractivity contribution in [3.05, 3.63) is 18.5 Å². The van der Waals surface area contributed by atoms with Crippen molar-refractivity contribution in [2.75, 3.05) is 32.4 Å². The Labute approximate surface area is 172 Å². The number of phenolic OH excluding ortho intramolecular Hbond substituents is 1. The average molecular weight is 417 g/mol. The Morgan fingerprint density at radius 2 is 1.97 bits per heavy atom. The van der Waals surface area contributed by atoms with Gasteiger partial charge in [0, 0.05) is 24.4 Å². The molecule has 0 spiro atoms. The van der Waals surface area contributed by atoms with Gasteiger partial charge in [-0.2, -0.15) is 0 Å². The molecule has 0 radical (unpaired) electrons. The molecule has 1 atom stereocenters. The lowest BCUT2D eigenvalue weighted by atomic mass is 10.2. The largest absolute Gasteiger partial charge is 0.502 e. The van der Waals surface area contributed by atoms with E-state index in [1.54, 1.807) is 18.5 Å². The highest BCUT2D eigenvalue weighted by Crippen LogP contribution is 2.40. The van der Waals surface area contributed by atoms with Crippen LogP contribution in [0.3, 0.4) is 0 Å². The highest BCUT2D eigenvalue weighted by molar-refractivity contribution is 7.98. The van der Waals surface area contributed by atoms with Gasteiger partial charge >= 0.3 is 0 Å². The summed E-state index contributed by atoms with van der Waals surface area (Å²) in [7, 11) is 2.97. The van der Waals surface area contributed by atoms with E-state index in [1.807, 2.05) is 10.8 Å². The fourth-order valence-electron chi connectivity index (χ4n) is 3.33. The number of phenols is 1. The number of thioether (sulfide) groups is 1. The maximum absolute atomic E-state index is 10.1. The number of nitrogens with zero attached hydrogens (tertiary/aromatic N) is 4. The third-order valence-electron chi connectivity index (χ3n) is 4.79. The van der Waals surface area contributed by atoms with E-state index in [4.69, 9.17) is 14.2 Å². The summed E-state index contributed by atoms with van der Waals surface area (Å²) in [4.78, 5) is 13.8. The number of hydrogen-bond donors (Lipinski definition) is 2. The summed E-state index contributed by atoms with van der Waals surface area (Å²) in [5, 5.41) is 14.0. The molecule has 1 aromatic carbocycles. The minimum Gasteiger partial charge on any atom is -0.502 e. The van der Waals surface area contributed by atoms with Crippen LogP contribution in [-0.4, -0.2) is 51.7 Å². The quantitative estimate of drug-likeness (QED) is 0.353. The second-order valence-corrected chi connectivity index (χ2v) is 7.33. The average Bonchev–Trinajstić information content (AvgIpc) is 3.19. The first-order chi connectivity index (χ1) is 14.1. The van der Waals surface area contributed by atoms with Crippen molar-refractivity contribution in [3.8, 4) is 17.2 Å². The van der Waals surface area contributed by atoms with E-state index >= 15 is 0 Å². The minimum absolute atomic E-state index is 0.0584. The van der Waals surface area contributed by atoms with Crippen LogP contribution < -0.4 is 14.8 Å². The Morgan fingerprint density at radius 1 is 1.21 bits per heavy atom. The first-order valence-electron chi connectivity index (χ1n) is 9.26. The van der Waals surface area contributed by atoms with Gasteiger partial charge in [-0.15, -0.1) is 0 Å². The highest BCUT2D eigenvalue weighted by atomic mass is 32.2. The summed E-state index contributed by atoms with van der Waals surface area (Å²) in [6, 6.07) is 3.34. The lowest BCUT2D eigenvalue weighted by Crippen LogP contribution is -2.17. The van der Waals surface area contributed by atoms with Gasteiger partial charge in [0.1, 0.15) is 6.23 Å². The molecular weight excluding hydrogens is 394 g/mol. The predicted octanol–water partition coefficient (Wildman–Crippen LogP) is 3.71. The van der Waals surface area contributed by atoms with Crippen LogP contribution in [-0.2, 0) is 4.74 Å². The lowest BCUT2D eigenvalue weighted by molar-refractivity contribution is -0.0298. The number of anilines is 2. The van der Waals surface area contributed by atoms with Crippen LogP contribution in [0.15, 0.2) is 23.6 Å². The van der Waals surface area contributed by atoms with Gasteiger partial charge in [-0.05, 0) is 25.5 Å². The molecule has 0 amide bonds. The van der Waals surface area contributed by atoms with Crippen molar-refractivity contribution in [1.82, 2.24) is 19.5 Å². The maximum atomic E-state index is 10.1. The van der Waals surface area contributed by atoms with Crippen molar-refractivity contribution in [2.45, 2.75) is 30.6 Å². The first-order valence-corrected chi connectivity index (χ1v) is 10.5. The standard InChI is InChI=1S/C19H23N5O4S/c1-26-12-8-11(9-13(27-2)16(12)25)21-17-15-18(23-19(22-17)29-3)24(10-20-15)14-6-4-5-7-28-14/h8-10,14,25H,4-7H2,1-3H3,(H,21,22,23). The van der Waals surface area contributed by atoms with Gasteiger partial charge in [0.25, 0.3) is 0 Å². The lowest BCUT2D eigenvalue weighted by Gasteiger charge is -2.23. The monoisotopic (exact) mass is 417 g/mol. The number of aromatic hydroxyl groups is 1. The molecule has 10 heteroatoms. The molecule has 0 bridgehead atoms. The molecule has 1 aliphatic rings. The number of methoxy groups -OCH3 is 2. The zero-order valence-electron chi connectivity index (χ0n) is 16.5. The van der Waals surface area contributed by atoms with Gasteiger partial charge < -0.3 is 24.6 Å². The van der Waals surface area contributed by atoms with Crippen LogP contribution >= 0.6 is 11.8 Å². The minimum atomic E-state index is -0.0694. The van der Waals surface area contributed by atoms with E-state index in [1.165, 1.54) is 26.0 Å². The number of imidazole rings is 1. The van der Waals surface area contributed by atoms with E-state index < -0.39 is 0 Å². The Bertz CT molecular complexity index is 994. The van der Waals surface area contributed by atoms with Crippen molar-refractivity contribution in [3.63, 3.8) is 0 Å². The molecule has 0 aliphatic carbocycles. The first kappa shape index (κ1) is 19.6. The van der Waals surface area contributed by atoms with Crippen LogP contribution in [0.4, 0.5) is 11.5 Å². The Morgan fingerprint density at radius 3 is 2.59 bits per heavy atom. The van der Waals surface area contributed by atoms with Gasteiger partial charge in [-0.3, -0.25) is 4.57 Å². The highest BCUT2D eigenvalue weighted by Gasteiger charge is 2.22. The molecule has 4 rings (SSSR count). The molecule has 2 N–H and O–H groups in total. The second-order valence-electron chi connectivity index (χ2n) is 6.56. The van der Waals surface area contributed by atoms with Gasteiger partial charge in [-0.1, -0.05) is 11.8 Å². The molecule has 2 aromatic heterocycles. The number of aromatic nitrogens is 4. The zero-order chi connectivity index (χ0) is 20.4. The van der Waals surface area contributed by atoms with Gasteiger partial charge in [0.2, 0.25) is 5.75 Å². The summed E-state index contributed by atoms with van der Waals surface area (Å²) in [6.07, 6.45) is 6.73. The van der Waals surface area contributed by atoms with Gasteiger partial charge in [0.05, 0.1) is 20.5 Å². The van der Waals surface area contributed by atoms with Gasteiger partial charge in [0.15, 0.2) is 33.6 Å². The summed E-state index contributed by atoms with van der Waals surface area (Å²) in [6.45, 7) is 0.739. The molecule has 29 heavy (non-hydrogen) atoms. The number of rotatable bonds is 6. The van der Waals surface area contributed by atoms with E-state index in [0.717, 1.165) is 31.5 Å². The molecule has 1 fully saturated rings. The van der Waals surface area contributed by atoms with Crippen LogP contribution in [0.25, 0.3) is 11.2 Å². The second kappa shape index (κ2) is 8.34. The van der Waals surface area contributed by atoms with Crippen LogP contribution in [0, 0.1) is 0 Å². The van der Waals surface area contributed by atoms with Crippen molar-refractivity contribution in [2.24, 2.45) is 0 Å². The van der Waals surface area contributed by atoms with Crippen molar-refractivity contribution >= 4 is 34.4 Å². The fourth-order valence-corrected chi connectivity index (χ4v) is 3.69. The summed E-state index contributed by atoms with van der Waals surface area (Å²) < 4.78 is 18.4. The predicted molar refractivity (Wildman–Crippen MR) is 110 cm³/mol. The smallest absolute Gasteiger partial charge is 0.200 e. The SMILES string of the molecule is COc1cc(Nc2nc(SC)nc3c2ncn3C2CCCCO2)cc(OC)c1O. The Hall–Kier alpha value is -2.72. The normalized spacial score (nSPS) is 16.7. The third kappa shape index (κ3) is 3.77. The molecule has 3 aromatic rings. The molecule has 0 saturated carbocycles. The van der Waals surface area contributed by atoms with Gasteiger partial charge in [-0.25, -0.2) is 15.0 Å². The van der Waals surface area contributed by atoms with E-state index in [-0.39, 0.29) is 12.0 Å². The molecular formula is C19H23N5O4S. The number of hydrogen-bond acceptors (Lipinski definition) is 9. The molecule has 1 aliphatic heterocycles. The summed E-state index contributed by atoms with van der Waals surface area (Å²) in [5.74, 6) is 1.09. The maximum Gasteiger partial charge on any atom is 0.200 e. The van der Waals surface area contributed by atoms with Crippen LogP contribution in [0.1, 0.15) is 25.5 Å². The molecule has 1 saturated heterocycles. The molecule has 3 heterocycles. The third-order valence-corrected chi connectivity index (χ3v) is 5.34. The number of nitrogens with one attached hydrogen (secondary N) is 1.